The number of hydrogen-bond donors (Lipinski definition) is 2. The molecule has 0 aromatic rings. The predicted molar refractivity (Wildman–Crippen MR) is 50.3 cm³/mol. The van der Waals surface area contributed by atoms with E-state index in [0.717, 1.165) is 0 Å². The molecule has 0 fully saturated rings. The molecule has 0 amide bonds. The molecule has 1 rings (SSSR count). The molecule has 0 saturated heterocycles. The number of aliphatic hydroxyl groups excluding tert-OH is 1. The lowest BCUT2D eigenvalue weighted by molar-refractivity contribution is -0.657. The molecule has 1 heterocycles. The molecular weight excluding hydrogens is 204 g/mol. The number of rotatable bonds is 6. The van der Waals surface area contributed by atoms with E-state index in [-0.39, 0.29) is 13.2 Å². The van der Waals surface area contributed by atoms with Crippen LogP contribution in [0.1, 0.15) is 6.92 Å². The van der Waals surface area contributed by atoms with E-state index < -0.39 is 11.1 Å². The van der Waals surface area contributed by atoms with Crippen LogP contribution in [0.2, 0.25) is 0 Å². The Balaban J connectivity index is 2.24. The highest BCUT2D eigenvalue weighted by Crippen LogP contribution is 2.01. The summed E-state index contributed by atoms with van der Waals surface area (Å²) in [5.41, 5.74) is 2.44. The molecule has 2 N–H and O–H groups in total. The normalized spacial score (nSPS) is 17.2. The van der Waals surface area contributed by atoms with Crippen LogP contribution in [0.15, 0.2) is 12.4 Å². The first-order valence-electron chi connectivity index (χ1n) is 4.54. The van der Waals surface area contributed by atoms with E-state index in [0.29, 0.717) is 11.7 Å². The molecule has 1 unspecified atom stereocenters. The number of nitrogens with one attached hydrogen (secondary N) is 1. The topological polar surface area (TPSA) is 91.1 Å². The monoisotopic (exact) mass is 218 g/mol. The van der Waals surface area contributed by atoms with Crippen LogP contribution in [0.25, 0.3) is 0 Å². The first kappa shape index (κ1) is 11.7. The summed E-state index contributed by atoms with van der Waals surface area (Å²) in [6.07, 6.45) is 2.04. The first-order valence-corrected chi connectivity index (χ1v) is 4.54. The second-order valence-corrected chi connectivity index (χ2v) is 2.95. The lowest BCUT2D eigenvalue weighted by atomic mass is 10.4. The molecular formula is C7H14N4O4. The fourth-order valence-electron chi connectivity index (χ4n) is 1.07. The van der Waals surface area contributed by atoms with Gasteiger partial charge in [0.1, 0.15) is 6.20 Å². The van der Waals surface area contributed by atoms with Crippen molar-refractivity contribution in [1.29, 1.82) is 0 Å². The van der Waals surface area contributed by atoms with Crippen molar-refractivity contribution >= 4 is 0 Å². The van der Waals surface area contributed by atoms with Crippen molar-refractivity contribution in [3.63, 3.8) is 0 Å². The maximum atomic E-state index is 10.3. The van der Waals surface area contributed by atoms with Crippen molar-refractivity contribution in [1.82, 2.24) is 15.7 Å². The number of β-amino-alcohol motifs (C(OH)–C–C–N with tert-alkyl or cyclic N) is 1. The molecule has 0 spiro atoms. The van der Waals surface area contributed by atoms with Gasteiger partial charge in [0.15, 0.2) is 5.03 Å². The van der Waals surface area contributed by atoms with Gasteiger partial charge in [0.25, 0.3) is 0 Å². The van der Waals surface area contributed by atoms with E-state index in [9.17, 15) is 15.2 Å². The van der Waals surface area contributed by atoms with E-state index in [2.05, 4.69) is 5.53 Å². The molecule has 86 valence electrons. The van der Waals surface area contributed by atoms with Crippen LogP contribution in [-0.2, 0) is 4.74 Å². The van der Waals surface area contributed by atoms with Crippen LogP contribution < -0.4 is 5.53 Å². The Hall–Kier alpha value is -1.38. The number of aliphatic hydroxyl groups is 1. The highest BCUT2D eigenvalue weighted by molar-refractivity contribution is 4.83. The van der Waals surface area contributed by atoms with Gasteiger partial charge in [0.2, 0.25) is 0 Å². The molecule has 0 aliphatic carbocycles. The Morgan fingerprint density at radius 1 is 1.67 bits per heavy atom. The minimum atomic E-state index is -0.686. The van der Waals surface area contributed by atoms with Gasteiger partial charge in [0, 0.05) is 12.8 Å². The van der Waals surface area contributed by atoms with Crippen LogP contribution in [0.4, 0.5) is 0 Å². The summed E-state index contributed by atoms with van der Waals surface area (Å²) < 4.78 is 5.00. The molecule has 1 atom stereocenters. The number of ether oxygens (including phenoxy) is 1. The summed E-state index contributed by atoms with van der Waals surface area (Å²) in [4.78, 5) is 10.3. The Morgan fingerprint density at radius 2 is 2.40 bits per heavy atom. The zero-order valence-electron chi connectivity index (χ0n) is 8.37. The highest BCUT2D eigenvalue weighted by Gasteiger charge is 2.21. The quantitative estimate of drug-likeness (QED) is 0.440. The molecule has 0 saturated carbocycles. The van der Waals surface area contributed by atoms with Gasteiger partial charge in [-0.2, -0.15) is 0 Å². The Morgan fingerprint density at radius 3 is 2.93 bits per heavy atom. The largest absolute Gasteiger partial charge is 0.389 e. The molecule has 0 aromatic heterocycles. The van der Waals surface area contributed by atoms with Crippen molar-refractivity contribution in [2.75, 3.05) is 19.8 Å². The average molecular weight is 218 g/mol. The Kier molecular flexibility index (Phi) is 4.28. The summed E-state index contributed by atoms with van der Waals surface area (Å²) >= 11 is 0. The van der Waals surface area contributed by atoms with Crippen LogP contribution in [0.3, 0.4) is 0 Å². The van der Waals surface area contributed by atoms with Crippen molar-refractivity contribution in [3.05, 3.63) is 22.5 Å². The second kappa shape index (κ2) is 5.49. The fraction of sp³-hybridized carbons (Fsp3) is 0.714. The molecule has 8 heteroatoms. The molecule has 0 aromatic carbocycles. The molecule has 8 nitrogen and oxygen atoms in total. The van der Waals surface area contributed by atoms with Gasteiger partial charge in [-0.3, -0.25) is 5.01 Å². The standard InChI is InChI=1S/C7H14N4O4/c1-2-15-6-7(12)5-9-3-4-10(8-9)11(13)14/h3-4,7-8,12H,2,5-6H2,1H3. The molecule has 1 aliphatic heterocycles. The molecule has 0 radical (unpaired) electrons. The van der Waals surface area contributed by atoms with Gasteiger partial charge >= 0.3 is 0 Å². The van der Waals surface area contributed by atoms with Gasteiger partial charge in [-0.1, -0.05) is 5.53 Å². The Bertz CT molecular complexity index is 247. The third kappa shape index (κ3) is 3.70. The average Bonchev–Trinajstić information content (AvgIpc) is 2.63. The van der Waals surface area contributed by atoms with Gasteiger partial charge < -0.3 is 9.84 Å². The first-order chi connectivity index (χ1) is 7.13. The third-order valence-electron chi connectivity index (χ3n) is 1.72. The summed E-state index contributed by atoms with van der Waals surface area (Å²) in [5.74, 6) is 0. The SMILES string of the molecule is CCOCC(O)CN1C=CN([N+](=O)[O-])N1. The van der Waals surface area contributed by atoms with Crippen molar-refractivity contribution < 1.29 is 14.9 Å². The Labute approximate surface area is 86.8 Å². The van der Waals surface area contributed by atoms with Crippen LogP contribution in [-0.4, -0.2) is 46.1 Å². The summed E-state index contributed by atoms with van der Waals surface area (Å²) in [6.45, 7) is 2.79. The maximum absolute atomic E-state index is 10.3. The lowest BCUT2D eigenvalue weighted by Crippen LogP contribution is -2.45. The summed E-state index contributed by atoms with van der Waals surface area (Å²) in [5, 5.41) is 21.3. The third-order valence-corrected chi connectivity index (χ3v) is 1.72. The van der Waals surface area contributed by atoms with Gasteiger partial charge in [0.05, 0.1) is 19.3 Å². The minimum absolute atomic E-state index is 0.209. The zero-order chi connectivity index (χ0) is 11.3. The van der Waals surface area contributed by atoms with E-state index in [1.54, 1.807) is 0 Å². The van der Waals surface area contributed by atoms with Crippen LogP contribution >= 0.6 is 0 Å². The predicted octanol–water partition coefficient (Wildman–Crippen LogP) is -0.916. The smallest absolute Gasteiger partial charge is 0.182 e. The minimum Gasteiger partial charge on any atom is -0.389 e. The zero-order valence-corrected chi connectivity index (χ0v) is 8.37. The number of nitro groups is 1. The number of nitrogens with zero attached hydrogens (tertiary/aromatic N) is 3. The van der Waals surface area contributed by atoms with Crippen molar-refractivity contribution in [2.24, 2.45) is 0 Å². The van der Waals surface area contributed by atoms with Crippen LogP contribution in [0, 0.1) is 10.1 Å². The maximum Gasteiger partial charge on any atom is 0.182 e. The number of hydrogen-bond acceptors (Lipinski definition) is 6. The van der Waals surface area contributed by atoms with Gasteiger partial charge in [-0.05, 0) is 12.0 Å². The fourth-order valence-corrected chi connectivity index (χ4v) is 1.07. The van der Waals surface area contributed by atoms with E-state index in [4.69, 9.17) is 4.74 Å². The van der Waals surface area contributed by atoms with Crippen LogP contribution in [0.5, 0.6) is 0 Å². The van der Waals surface area contributed by atoms with Gasteiger partial charge in [-0.25, -0.2) is 10.1 Å². The molecule has 1 aliphatic rings. The molecule has 0 bridgehead atoms. The summed E-state index contributed by atoms with van der Waals surface area (Å²) in [6, 6.07) is 0. The lowest BCUT2D eigenvalue weighted by Gasteiger charge is -2.19. The van der Waals surface area contributed by atoms with Crippen molar-refractivity contribution in [2.45, 2.75) is 13.0 Å². The molecule has 15 heavy (non-hydrogen) atoms. The van der Waals surface area contributed by atoms with E-state index in [1.165, 1.54) is 17.4 Å². The van der Waals surface area contributed by atoms with E-state index >= 15 is 0 Å². The van der Waals surface area contributed by atoms with E-state index in [1.807, 2.05) is 6.92 Å². The second-order valence-electron chi connectivity index (χ2n) is 2.95. The summed E-state index contributed by atoms with van der Waals surface area (Å²) in [7, 11) is 0. The number of hydrazine groups is 3. The van der Waals surface area contributed by atoms with Crippen molar-refractivity contribution in [3.8, 4) is 0 Å². The highest BCUT2D eigenvalue weighted by atomic mass is 16.7. The van der Waals surface area contributed by atoms with Gasteiger partial charge in [-0.15, -0.1) is 0 Å².